The van der Waals surface area contributed by atoms with Gasteiger partial charge in [-0.2, -0.15) is 0 Å². The zero-order valence-electron chi connectivity index (χ0n) is 12.6. The number of nitrogens with zero attached hydrogens (tertiary/aromatic N) is 3. The lowest BCUT2D eigenvalue weighted by Gasteiger charge is -2.12. The summed E-state index contributed by atoms with van der Waals surface area (Å²) < 4.78 is 28.7. The first-order chi connectivity index (χ1) is 12.0. The predicted molar refractivity (Wildman–Crippen MR) is 92.4 cm³/mol. The lowest BCUT2D eigenvalue weighted by atomic mass is 10.2. The zero-order valence-corrected chi connectivity index (χ0v) is 14.2. The number of aromatic nitrogens is 3. The van der Waals surface area contributed by atoms with Gasteiger partial charge in [0.2, 0.25) is 0 Å². The number of para-hydroxylation sites is 1. The summed E-state index contributed by atoms with van der Waals surface area (Å²) in [5, 5.41) is 7.57. The number of anilines is 1. The van der Waals surface area contributed by atoms with Gasteiger partial charge in [-0.25, -0.2) is 13.1 Å². The minimum Gasteiger partial charge on any atom is -0.279 e. The number of nitrogens with one attached hydrogen (secondary N) is 2. The summed E-state index contributed by atoms with van der Waals surface area (Å²) in [7, 11) is -3.87. The molecule has 1 heterocycles. The Morgan fingerprint density at radius 1 is 1.00 bits per heavy atom. The summed E-state index contributed by atoms with van der Waals surface area (Å²) in [5.41, 5.74) is 2.80. The van der Waals surface area contributed by atoms with E-state index < -0.39 is 15.9 Å². The average Bonchev–Trinajstić information content (AvgIpc) is 3.08. The molecule has 0 fully saturated rings. The summed E-state index contributed by atoms with van der Waals surface area (Å²) in [6.07, 6.45) is 2.61. The molecule has 1 amide bonds. The van der Waals surface area contributed by atoms with E-state index in [2.05, 4.69) is 20.3 Å². The Hall–Kier alpha value is -2.91. The Balaban J connectivity index is 1.88. The van der Waals surface area contributed by atoms with Crippen LogP contribution in [0.15, 0.2) is 66.1 Å². The molecule has 0 bridgehead atoms. The van der Waals surface area contributed by atoms with Crippen LogP contribution in [0, 0.1) is 0 Å². The minimum atomic E-state index is -3.87. The van der Waals surface area contributed by atoms with Crippen molar-refractivity contribution < 1.29 is 13.2 Å². The molecule has 10 heteroatoms. The van der Waals surface area contributed by atoms with E-state index in [0.29, 0.717) is 5.02 Å². The van der Waals surface area contributed by atoms with E-state index in [1.165, 1.54) is 53.7 Å². The molecule has 0 aliphatic carbocycles. The maximum absolute atomic E-state index is 12.5. The quantitative estimate of drug-likeness (QED) is 0.708. The smallest absolute Gasteiger partial charge is 0.272 e. The number of hydrogen-bond acceptors (Lipinski definition) is 5. The first kappa shape index (κ1) is 16.9. The fraction of sp³-hybridized carbons (Fsp3) is 0. The lowest BCUT2D eigenvalue weighted by Crippen LogP contribution is -2.23. The van der Waals surface area contributed by atoms with Crippen molar-refractivity contribution in [2.45, 2.75) is 4.90 Å². The number of sulfonamides is 1. The lowest BCUT2D eigenvalue weighted by molar-refractivity contribution is 0.101. The van der Waals surface area contributed by atoms with E-state index in [1.807, 2.05) is 0 Å². The standard InChI is InChI=1S/C15H12ClN5O3S/c16-11-5-7-12(8-6-11)25(23,24)20-14-4-2-1-3-13(14)15(22)19-21-9-17-18-10-21/h1-10,20H,(H,19,22). The molecular formula is C15H12ClN5O3S. The Morgan fingerprint density at radius 3 is 2.32 bits per heavy atom. The highest BCUT2D eigenvalue weighted by molar-refractivity contribution is 7.92. The molecule has 3 rings (SSSR count). The summed E-state index contributed by atoms with van der Waals surface area (Å²) in [6, 6.07) is 11.9. The van der Waals surface area contributed by atoms with Crippen LogP contribution in [0.25, 0.3) is 0 Å². The van der Waals surface area contributed by atoms with Crippen molar-refractivity contribution in [3.63, 3.8) is 0 Å². The Kier molecular flexibility index (Phi) is 4.68. The van der Waals surface area contributed by atoms with E-state index in [1.54, 1.807) is 12.1 Å². The molecule has 0 unspecified atom stereocenters. The SMILES string of the molecule is O=C(Nn1cnnc1)c1ccccc1NS(=O)(=O)c1ccc(Cl)cc1. The van der Waals surface area contributed by atoms with Crippen LogP contribution in [-0.4, -0.2) is 29.2 Å². The van der Waals surface area contributed by atoms with Crippen molar-refractivity contribution in [2.24, 2.45) is 0 Å². The van der Waals surface area contributed by atoms with Gasteiger partial charge >= 0.3 is 0 Å². The maximum atomic E-state index is 12.5. The van der Waals surface area contributed by atoms with Gasteiger partial charge in [0.25, 0.3) is 15.9 Å². The van der Waals surface area contributed by atoms with Gasteiger partial charge in [0, 0.05) is 5.02 Å². The molecule has 1 aromatic heterocycles. The van der Waals surface area contributed by atoms with Crippen molar-refractivity contribution in [2.75, 3.05) is 10.1 Å². The van der Waals surface area contributed by atoms with Crippen molar-refractivity contribution in [3.05, 3.63) is 71.8 Å². The molecule has 0 aliphatic rings. The zero-order chi connectivity index (χ0) is 17.9. The van der Waals surface area contributed by atoms with Gasteiger partial charge in [0.05, 0.1) is 16.1 Å². The van der Waals surface area contributed by atoms with E-state index in [0.717, 1.165) is 0 Å². The molecule has 8 nitrogen and oxygen atoms in total. The second-order valence-corrected chi connectivity index (χ2v) is 7.03. The second-order valence-electron chi connectivity index (χ2n) is 4.92. The number of rotatable bonds is 5. The van der Waals surface area contributed by atoms with Gasteiger partial charge < -0.3 is 0 Å². The Morgan fingerprint density at radius 2 is 1.64 bits per heavy atom. The highest BCUT2D eigenvalue weighted by atomic mass is 35.5. The first-order valence-electron chi connectivity index (χ1n) is 6.99. The number of halogens is 1. The van der Waals surface area contributed by atoms with Crippen LogP contribution in [0.5, 0.6) is 0 Å². The monoisotopic (exact) mass is 377 g/mol. The fourth-order valence-corrected chi connectivity index (χ4v) is 3.23. The van der Waals surface area contributed by atoms with Gasteiger partial charge in [-0.1, -0.05) is 23.7 Å². The minimum absolute atomic E-state index is 0.0333. The predicted octanol–water partition coefficient (Wildman–Crippen LogP) is 2.12. The van der Waals surface area contributed by atoms with Crippen molar-refractivity contribution in [1.82, 2.24) is 14.9 Å². The average molecular weight is 378 g/mol. The molecule has 2 aromatic carbocycles. The summed E-state index contributed by atoms with van der Waals surface area (Å²) in [6.45, 7) is 0. The Bertz CT molecular complexity index is 988. The molecule has 0 saturated heterocycles. The van der Waals surface area contributed by atoms with Crippen LogP contribution in [0.2, 0.25) is 5.02 Å². The van der Waals surface area contributed by atoms with Crippen LogP contribution in [0.1, 0.15) is 10.4 Å². The topological polar surface area (TPSA) is 106 Å². The van der Waals surface area contributed by atoms with E-state index in [9.17, 15) is 13.2 Å². The Labute approximate surface area is 148 Å². The van der Waals surface area contributed by atoms with E-state index >= 15 is 0 Å². The van der Waals surface area contributed by atoms with Crippen LogP contribution in [0.4, 0.5) is 5.69 Å². The number of benzene rings is 2. The third-order valence-corrected chi connectivity index (χ3v) is 4.82. The number of carbonyl (C=O) groups excluding carboxylic acids is 1. The van der Waals surface area contributed by atoms with Crippen molar-refractivity contribution in [3.8, 4) is 0 Å². The van der Waals surface area contributed by atoms with Gasteiger partial charge in [0.15, 0.2) is 0 Å². The van der Waals surface area contributed by atoms with Crippen LogP contribution in [0.3, 0.4) is 0 Å². The van der Waals surface area contributed by atoms with Gasteiger partial charge in [-0.3, -0.25) is 14.9 Å². The van der Waals surface area contributed by atoms with Crippen molar-refractivity contribution in [1.29, 1.82) is 0 Å². The third kappa shape index (κ3) is 3.95. The number of carbonyl (C=O) groups is 1. The van der Waals surface area contributed by atoms with Crippen LogP contribution >= 0.6 is 11.6 Å². The first-order valence-corrected chi connectivity index (χ1v) is 8.85. The molecule has 128 valence electrons. The van der Waals surface area contributed by atoms with Crippen LogP contribution in [-0.2, 0) is 10.0 Å². The molecular weight excluding hydrogens is 366 g/mol. The van der Waals surface area contributed by atoms with Crippen LogP contribution < -0.4 is 10.1 Å². The highest BCUT2D eigenvalue weighted by Crippen LogP contribution is 2.21. The van der Waals surface area contributed by atoms with E-state index in [-0.39, 0.29) is 16.1 Å². The van der Waals surface area contributed by atoms with Gasteiger partial charge in [-0.15, -0.1) is 10.2 Å². The summed E-state index contributed by atoms with van der Waals surface area (Å²) in [5.74, 6) is -0.519. The number of amides is 1. The van der Waals surface area contributed by atoms with Gasteiger partial charge in [0.1, 0.15) is 12.7 Å². The maximum Gasteiger partial charge on any atom is 0.272 e. The summed E-state index contributed by atoms with van der Waals surface area (Å²) >= 11 is 5.78. The molecule has 0 radical (unpaired) electrons. The fourth-order valence-electron chi connectivity index (χ4n) is 2.02. The third-order valence-electron chi connectivity index (χ3n) is 3.19. The molecule has 3 aromatic rings. The van der Waals surface area contributed by atoms with E-state index in [4.69, 9.17) is 11.6 Å². The molecule has 0 spiro atoms. The molecule has 0 saturated carbocycles. The van der Waals surface area contributed by atoms with Gasteiger partial charge in [-0.05, 0) is 36.4 Å². The molecule has 25 heavy (non-hydrogen) atoms. The normalized spacial score (nSPS) is 11.1. The van der Waals surface area contributed by atoms with Crippen molar-refractivity contribution >= 4 is 33.2 Å². The highest BCUT2D eigenvalue weighted by Gasteiger charge is 2.18. The summed E-state index contributed by atoms with van der Waals surface area (Å²) in [4.78, 5) is 12.4. The second kappa shape index (κ2) is 6.91. The molecule has 0 aliphatic heterocycles. The molecule has 0 atom stereocenters. The number of hydrogen-bond donors (Lipinski definition) is 2. The molecule has 2 N–H and O–H groups in total. The largest absolute Gasteiger partial charge is 0.279 e.